The number of aryl methyl sites for hydroxylation is 1. The van der Waals surface area contributed by atoms with Crippen LogP contribution in [0, 0.1) is 0 Å². The molecule has 3 rings (SSSR count). The Kier molecular flexibility index (Phi) is 3.85. The molecule has 3 aromatic rings. The van der Waals surface area contributed by atoms with E-state index in [1.807, 2.05) is 31.3 Å². The first kappa shape index (κ1) is 14.3. The fraction of sp³-hybridized carbons (Fsp3) is 0.0714. The molecule has 7 heteroatoms. The van der Waals surface area contributed by atoms with E-state index in [4.69, 9.17) is 34.8 Å². The van der Waals surface area contributed by atoms with Crippen LogP contribution in [0.1, 0.15) is 0 Å². The summed E-state index contributed by atoms with van der Waals surface area (Å²) in [6.45, 7) is 0. The fourth-order valence-corrected chi connectivity index (χ4v) is 2.54. The van der Waals surface area contributed by atoms with Crippen LogP contribution < -0.4 is 0 Å². The van der Waals surface area contributed by atoms with Gasteiger partial charge < -0.3 is 0 Å². The molecule has 0 saturated carbocycles. The van der Waals surface area contributed by atoms with Crippen LogP contribution in [0.5, 0.6) is 0 Å². The number of rotatable bonds is 2. The Labute approximate surface area is 136 Å². The maximum Gasteiger partial charge on any atom is 0.181 e. The van der Waals surface area contributed by atoms with E-state index in [1.165, 1.54) is 0 Å². The summed E-state index contributed by atoms with van der Waals surface area (Å²) in [5, 5.41) is 5.67. The van der Waals surface area contributed by atoms with Crippen LogP contribution >= 0.6 is 34.8 Å². The topological polar surface area (TPSA) is 43.6 Å². The molecule has 0 fully saturated rings. The van der Waals surface area contributed by atoms with Crippen molar-refractivity contribution in [3.63, 3.8) is 0 Å². The molecular formula is C14H9Cl3N4. The number of halogens is 3. The number of nitrogens with zero attached hydrogens (tertiary/aromatic N) is 4. The van der Waals surface area contributed by atoms with Crippen LogP contribution in [-0.4, -0.2) is 19.7 Å². The largest absolute Gasteiger partial charge is 0.248 e. The average molecular weight is 340 g/mol. The van der Waals surface area contributed by atoms with Gasteiger partial charge >= 0.3 is 0 Å². The first-order chi connectivity index (χ1) is 10.0. The second kappa shape index (κ2) is 5.64. The third-order valence-electron chi connectivity index (χ3n) is 2.89. The molecular weight excluding hydrogens is 331 g/mol. The lowest BCUT2D eigenvalue weighted by molar-refractivity contribution is 0.777. The van der Waals surface area contributed by atoms with Gasteiger partial charge in [-0.1, -0.05) is 34.8 Å². The number of hydrogen-bond donors (Lipinski definition) is 0. The number of benzene rings is 1. The molecule has 0 aliphatic heterocycles. The quantitative estimate of drug-likeness (QED) is 0.645. The number of hydrogen-bond acceptors (Lipinski definition) is 3. The highest BCUT2D eigenvalue weighted by Crippen LogP contribution is 2.26. The Morgan fingerprint density at radius 1 is 0.857 bits per heavy atom. The zero-order valence-electron chi connectivity index (χ0n) is 10.9. The lowest BCUT2D eigenvalue weighted by Crippen LogP contribution is -1.94. The molecule has 0 N–H and O–H groups in total. The van der Waals surface area contributed by atoms with Gasteiger partial charge in [0.25, 0.3) is 0 Å². The summed E-state index contributed by atoms with van der Waals surface area (Å²) in [6.07, 6.45) is 0. The van der Waals surface area contributed by atoms with Crippen LogP contribution in [0.3, 0.4) is 0 Å². The van der Waals surface area contributed by atoms with E-state index >= 15 is 0 Å². The predicted octanol–water partition coefficient (Wildman–Crippen LogP) is 4.50. The van der Waals surface area contributed by atoms with Crippen molar-refractivity contribution in [2.24, 2.45) is 7.05 Å². The zero-order chi connectivity index (χ0) is 15.0. The van der Waals surface area contributed by atoms with Gasteiger partial charge in [-0.3, -0.25) is 0 Å². The van der Waals surface area contributed by atoms with E-state index in [0.29, 0.717) is 21.2 Å². The summed E-state index contributed by atoms with van der Waals surface area (Å²) in [5.41, 5.74) is 1.64. The number of pyridine rings is 1. The van der Waals surface area contributed by atoms with Gasteiger partial charge in [-0.15, -0.1) is 0 Å². The highest BCUT2D eigenvalue weighted by molar-refractivity contribution is 6.32. The molecule has 4 nitrogen and oxygen atoms in total. The summed E-state index contributed by atoms with van der Waals surface area (Å²) in [5.74, 6) is 1.26. The third-order valence-corrected chi connectivity index (χ3v) is 3.53. The first-order valence-electron chi connectivity index (χ1n) is 6.03. The molecule has 0 bridgehead atoms. The van der Waals surface area contributed by atoms with Gasteiger partial charge in [-0.05, 0) is 36.4 Å². The lowest BCUT2D eigenvalue weighted by atomic mass is 10.2. The van der Waals surface area contributed by atoms with Gasteiger partial charge in [0.05, 0.1) is 0 Å². The SMILES string of the molecule is Cn1nc(-c2cc(Cl)nc(Cl)c2)nc1-c1ccc(Cl)cc1. The third kappa shape index (κ3) is 3.02. The molecule has 0 spiro atoms. The highest BCUT2D eigenvalue weighted by Gasteiger charge is 2.12. The molecule has 21 heavy (non-hydrogen) atoms. The molecule has 1 aromatic carbocycles. The van der Waals surface area contributed by atoms with Crippen molar-refractivity contribution < 1.29 is 0 Å². The molecule has 0 atom stereocenters. The minimum Gasteiger partial charge on any atom is -0.248 e. The van der Waals surface area contributed by atoms with Gasteiger partial charge in [0, 0.05) is 23.2 Å². The van der Waals surface area contributed by atoms with Gasteiger partial charge in [-0.2, -0.15) is 5.10 Å². The van der Waals surface area contributed by atoms with Crippen molar-refractivity contribution >= 4 is 34.8 Å². The summed E-state index contributed by atoms with van der Waals surface area (Å²) >= 11 is 17.7. The Bertz CT molecular complexity index is 776. The van der Waals surface area contributed by atoms with Crippen molar-refractivity contribution in [2.45, 2.75) is 0 Å². The van der Waals surface area contributed by atoms with Gasteiger partial charge in [0.15, 0.2) is 11.6 Å². The second-order valence-electron chi connectivity index (χ2n) is 4.39. The Morgan fingerprint density at radius 3 is 2.10 bits per heavy atom. The summed E-state index contributed by atoms with van der Waals surface area (Å²) in [4.78, 5) is 8.44. The predicted molar refractivity (Wildman–Crippen MR) is 84.7 cm³/mol. The second-order valence-corrected chi connectivity index (χ2v) is 5.60. The van der Waals surface area contributed by atoms with Gasteiger partial charge in [0.2, 0.25) is 0 Å². The zero-order valence-corrected chi connectivity index (χ0v) is 13.2. The van der Waals surface area contributed by atoms with E-state index in [1.54, 1.807) is 16.8 Å². The summed E-state index contributed by atoms with van der Waals surface area (Å²) in [7, 11) is 1.82. The van der Waals surface area contributed by atoms with Crippen molar-refractivity contribution in [1.82, 2.24) is 19.7 Å². The summed E-state index contributed by atoms with van der Waals surface area (Å²) < 4.78 is 1.70. The van der Waals surface area contributed by atoms with Crippen LogP contribution in [0.25, 0.3) is 22.8 Å². The van der Waals surface area contributed by atoms with Gasteiger partial charge in [-0.25, -0.2) is 14.6 Å². The molecule has 2 aromatic heterocycles. The first-order valence-corrected chi connectivity index (χ1v) is 7.17. The lowest BCUT2D eigenvalue weighted by Gasteiger charge is -1.99. The molecule has 0 unspecified atom stereocenters. The molecule has 0 saturated heterocycles. The maximum atomic E-state index is 5.91. The monoisotopic (exact) mass is 338 g/mol. The molecule has 0 aliphatic rings. The minimum absolute atomic E-state index is 0.304. The van der Waals surface area contributed by atoms with Crippen LogP contribution in [0.15, 0.2) is 36.4 Å². The van der Waals surface area contributed by atoms with Crippen LogP contribution in [0.2, 0.25) is 15.3 Å². The Hall–Kier alpha value is -1.62. The van der Waals surface area contributed by atoms with Crippen molar-refractivity contribution in [3.05, 3.63) is 51.7 Å². The molecule has 106 valence electrons. The van der Waals surface area contributed by atoms with E-state index in [-0.39, 0.29) is 0 Å². The fourth-order valence-electron chi connectivity index (χ4n) is 1.95. The molecule has 0 aliphatic carbocycles. The van der Waals surface area contributed by atoms with E-state index in [0.717, 1.165) is 17.0 Å². The minimum atomic E-state index is 0.304. The standard InChI is InChI=1S/C14H9Cl3N4/c1-21-14(8-2-4-10(15)5-3-8)19-13(20-21)9-6-11(16)18-12(17)7-9/h2-7H,1H3. The van der Waals surface area contributed by atoms with E-state index in [2.05, 4.69) is 15.1 Å². The maximum absolute atomic E-state index is 5.91. The van der Waals surface area contributed by atoms with Crippen LogP contribution in [-0.2, 0) is 7.05 Å². The van der Waals surface area contributed by atoms with Crippen molar-refractivity contribution in [1.29, 1.82) is 0 Å². The average Bonchev–Trinajstić information content (AvgIpc) is 2.81. The smallest absolute Gasteiger partial charge is 0.181 e. The van der Waals surface area contributed by atoms with Gasteiger partial charge in [0.1, 0.15) is 10.3 Å². The molecule has 0 amide bonds. The number of aromatic nitrogens is 4. The van der Waals surface area contributed by atoms with Crippen LogP contribution in [0.4, 0.5) is 0 Å². The Morgan fingerprint density at radius 2 is 1.48 bits per heavy atom. The normalized spacial score (nSPS) is 10.9. The molecule has 2 heterocycles. The van der Waals surface area contributed by atoms with E-state index in [9.17, 15) is 0 Å². The van der Waals surface area contributed by atoms with Crippen molar-refractivity contribution in [3.8, 4) is 22.8 Å². The van der Waals surface area contributed by atoms with Crippen molar-refractivity contribution in [2.75, 3.05) is 0 Å². The highest BCUT2D eigenvalue weighted by atomic mass is 35.5. The van der Waals surface area contributed by atoms with E-state index < -0.39 is 0 Å². The summed E-state index contributed by atoms with van der Waals surface area (Å²) in [6, 6.07) is 10.8. The Balaban J connectivity index is 2.07. The molecule has 0 radical (unpaired) electrons.